The molecule has 0 radical (unpaired) electrons. The van der Waals surface area contributed by atoms with Crippen molar-refractivity contribution in [3.63, 3.8) is 0 Å². The predicted octanol–water partition coefficient (Wildman–Crippen LogP) is 1.58. The highest BCUT2D eigenvalue weighted by atomic mass is 31.2. The summed E-state index contributed by atoms with van der Waals surface area (Å²) in [6.07, 6.45) is 2.56. The van der Waals surface area contributed by atoms with Crippen molar-refractivity contribution in [3.05, 3.63) is 0 Å². The Labute approximate surface area is 99.9 Å². The largest absolute Gasteiger partial charge is 0.381 e. The van der Waals surface area contributed by atoms with Gasteiger partial charge in [0.15, 0.2) is 0 Å². The van der Waals surface area contributed by atoms with Crippen LogP contribution in [0.5, 0.6) is 0 Å². The Morgan fingerprint density at radius 1 is 0.812 bits per heavy atom. The molecule has 0 aliphatic carbocycles. The summed E-state index contributed by atoms with van der Waals surface area (Å²) in [6.45, 7) is 2.00. The molecular formula is C10H26N3O2P. The summed E-state index contributed by atoms with van der Waals surface area (Å²) in [5.74, 6) is 0. The van der Waals surface area contributed by atoms with Crippen LogP contribution in [0, 0.1) is 0 Å². The quantitative estimate of drug-likeness (QED) is 0.712. The standard InChI is InChI=1S/C6H18N3OP.C4H8O/c1-7(2)11(10,8(3)4)9(5)6;1-2-4-5-3-1/h1-6H3;1-4H2. The van der Waals surface area contributed by atoms with Crippen LogP contribution in [0.1, 0.15) is 12.8 Å². The second kappa shape index (κ2) is 7.41. The molecule has 0 bridgehead atoms. The fraction of sp³-hybridized carbons (Fsp3) is 1.00. The van der Waals surface area contributed by atoms with Crippen LogP contribution in [0.2, 0.25) is 0 Å². The first kappa shape index (κ1) is 16.1. The minimum Gasteiger partial charge on any atom is -0.381 e. The molecule has 16 heavy (non-hydrogen) atoms. The molecular weight excluding hydrogens is 225 g/mol. The predicted molar refractivity (Wildman–Crippen MR) is 68.7 cm³/mol. The van der Waals surface area contributed by atoms with Crippen LogP contribution in [0.25, 0.3) is 0 Å². The van der Waals surface area contributed by atoms with E-state index in [1.807, 2.05) is 42.3 Å². The van der Waals surface area contributed by atoms with E-state index in [-0.39, 0.29) is 0 Å². The van der Waals surface area contributed by atoms with Crippen molar-refractivity contribution in [1.29, 1.82) is 0 Å². The Balaban J connectivity index is 0.000000368. The van der Waals surface area contributed by atoms with Crippen LogP contribution in [0.15, 0.2) is 0 Å². The van der Waals surface area contributed by atoms with Gasteiger partial charge in [-0.3, -0.25) is 4.57 Å². The second-order valence-electron chi connectivity index (χ2n) is 4.37. The van der Waals surface area contributed by atoms with Crippen molar-refractivity contribution in [2.75, 3.05) is 55.5 Å². The van der Waals surface area contributed by atoms with E-state index in [2.05, 4.69) is 0 Å². The highest BCUT2D eigenvalue weighted by molar-refractivity contribution is 7.56. The Hall–Kier alpha value is 0.0700. The zero-order chi connectivity index (χ0) is 12.8. The molecule has 1 heterocycles. The lowest BCUT2D eigenvalue weighted by molar-refractivity contribution is 0.198. The van der Waals surface area contributed by atoms with E-state index in [1.54, 1.807) is 14.0 Å². The maximum absolute atomic E-state index is 12.1. The van der Waals surface area contributed by atoms with E-state index in [9.17, 15) is 4.57 Å². The average Bonchev–Trinajstić information content (AvgIpc) is 2.73. The highest BCUT2D eigenvalue weighted by Crippen LogP contribution is 2.50. The van der Waals surface area contributed by atoms with E-state index in [0.29, 0.717) is 0 Å². The molecule has 5 nitrogen and oxygen atoms in total. The first-order valence-electron chi connectivity index (χ1n) is 5.54. The van der Waals surface area contributed by atoms with Gasteiger partial charge in [0.25, 0.3) is 7.59 Å². The molecule has 0 aromatic heterocycles. The molecule has 1 rings (SSSR count). The monoisotopic (exact) mass is 251 g/mol. The lowest BCUT2D eigenvalue weighted by Crippen LogP contribution is -2.30. The van der Waals surface area contributed by atoms with Crippen molar-refractivity contribution >= 4 is 7.59 Å². The Bertz CT molecular complexity index is 192. The summed E-state index contributed by atoms with van der Waals surface area (Å²) >= 11 is 0. The average molecular weight is 251 g/mol. The van der Waals surface area contributed by atoms with Crippen molar-refractivity contribution < 1.29 is 9.30 Å². The topological polar surface area (TPSA) is 36.0 Å². The SMILES string of the molecule is C1CCOC1.CN(C)P(=O)(N(C)C)N(C)C. The lowest BCUT2D eigenvalue weighted by atomic mass is 10.4. The molecule has 0 amide bonds. The normalized spacial score (nSPS) is 16.8. The third kappa shape index (κ3) is 4.52. The number of hydrogen-bond acceptors (Lipinski definition) is 2. The summed E-state index contributed by atoms with van der Waals surface area (Å²) in [4.78, 5) is 0. The fourth-order valence-corrected chi connectivity index (χ4v) is 3.73. The number of hydrogen-bond donors (Lipinski definition) is 0. The van der Waals surface area contributed by atoms with E-state index in [1.165, 1.54) is 12.8 Å². The zero-order valence-electron chi connectivity index (χ0n) is 11.4. The van der Waals surface area contributed by atoms with Crippen molar-refractivity contribution in [2.24, 2.45) is 0 Å². The van der Waals surface area contributed by atoms with Crippen LogP contribution in [-0.4, -0.2) is 69.5 Å². The minimum absolute atomic E-state index is 1.00. The van der Waals surface area contributed by atoms with Gasteiger partial charge in [-0.25, -0.2) is 14.0 Å². The van der Waals surface area contributed by atoms with Crippen molar-refractivity contribution in [1.82, 2.24) is 14.0 Å². The van der Waals surface area contributed by atoms with Gasteiger partial charge in [-0.1, -0.05) is 0 Å². The molecule has 98 valence electrons. The zero-order valence-corrected chi connectivity index (χ0v) is 12.3. The molecule has 0 unspecified atom stereocenters. The Morgan fingerprint density at radius 3 is 1.19 bits per heavy atom. The summed E-state index contributed by atoms with van der Waals surface area (Å²) in [7, 11) is 8.49. The van der Waals surface area contributed by atoms with Crippen molar-refractivity contribution in [3.8, 4) is 0 Å². The summed E-state index contributed by atoms with van der Waals surface area (Å²) in [5.41, 5.74) is 0. The van der Waals surface area contributed by atoms with E-state index >= 15 is 0 Å². The highest BCUT2D eigenvalue weighted by Gasteiger charge is 2.30. The molecule has 0 saturated carbocycles. The van der Waals surface area contributed by atoms with E-state index in [0.717, 1.165) is 13.2 Å². The van der Waals surface area contributed by atoms with Gasteiger partial charge in [-0.2, -0.15) is 0 Å². The van der Waals surface area contributed by atoms with Crippen LogP contribution in [0.4, 0.5) is 0 Å². The van der Waals surface area contributed by atoms with Crippen LogP contribution >= 0.6 is 7.59 Å². The minimum atomic E-state index is -2.44. The second-order valence-corrected chi connectivity index (χ2v) is 7.80. The number of rotatable bonds is 3. The molecule has 0 spiro atoms. The van der Waals surface area contributed by atoms with Gasteiger partial charge in [-0.05, 0) is 55.1 Å². The third-order valence-corrected chi connectivity index (χ3v) is 5.52. The molecule has 0 aromatic rings. The smallest absolute Gasteiger partial charge is 0.285 e. The Kier molecular flexibility index (Phi) is 7.44. The number of ether oxygens (including phenoxy) is 1. The fourth-order valence-electron chi connectivity index (χ4n) is 1.58. The maximum atomic E-state index is 12.1. The maximum Gasteiger partial charge on any atom is 0.285 e. The number of nitrogens with zero attached hydrogens (tertiary/aromatic N) is 3. The van der Waals surface area contributed by atoms with Gasteiger partial charge in [0.2, 0.25) is 0 Å². The van der Waals surface area contributed by atoms with E-state index < -0.39 is 7.59 Å². The van der Waals surface area contributed by atoms with Gasteiger partial charge in [0.05, 0.1) is 0 Å². The van der Waals surface area contributed by atoms with Crippen molar-refractivity contribution in [2.45, 2.75) is 12.8 Å². The molecule has 1 fully saturated rings. The first-order valence-corrected chi connectivity index (χ1v) is 7.11. The summed E-state index contributed by atoms with van der Waals surface area (Å²) < 4.78 is 22.3. The van der Waals surface area contributed by atoms with Crippen LogP contribution in [-0.2, 0) is 9.30 Å². The van der Waals surface area contributed by atoms with Crippen LogP contribution in [0.3, 0.4) is 0 Å². The lowest BCUT2D eigenvalue weighted by Gasteiger charge is -2.34. The van der Waals surface area contributed by atoms with Gasteiger partial charge in [0, 0.05) is 13.2 Å². The van der Waals surface area contributed by atoms with Crippen LogP contribution < -0.4 is 0 Å². The molecule has 6 heteroatoms. The molecule has 0 aromatic carbocycles. The van der Waals surface area contributed by atoms with Gasteiger partial charge < -0.3 is 4.74 Å². The molecule has 1 saturated heterocycles. The summed E-state index contributed by atoms with van der Waals surface area (Å²) in [5, 5.41) is 0. The van der Waals surface area contributed by atoms with E-state index in [4.69, 9.17) is 4.74 Å². The molecule has 1 aliphatic heterocycles. The van der Waals surface area contributed by atoms with Gasteiger partial charge in [0.1, 0.15) is 0 Å². The summed E-state index contributed by atoms with van der Waals surface area (Å²) in [6, 6.07) is 0. The molecule has 1 aliphatic rings. The Morgan fingerprint density at radius 2 is 1.12 bits per heavy atom. The van der Waals surface area contributed by atoms with Gasteiger partial charge in [-0.15, -0.1) is 0 Å². The first-order chi connectivity index (χ1) is 7.33. The molecule has 0 N–H and O–H groups in total. The molecule has 0 atom stereocenters. The van der Waals surface area contributed by atoms with Gasteiger partial charge >= 0.3 is 0 Å². The third-order valence-electron chi connectivity index (χ3n) is 2.39.